The van der Waals surface area contributed by atoms with Gasteiger partial charge in [-0.25, -0.2) is 0 Å². The summed E-state index contributed by atoms with van der Waals surface area (Å²) in [6, 6.07) is 56.9. The Morgan fingerprint density at radius 2 is 0.545 bits per heavy atom. The lowest BCUT2D eigenvalue weighted by atomic mass is 9.88. The molecule has 212 valence electrons. The summed E-state index contributed by atoms with van der Waals surface area (Å²) in [6.45, 7) is 0. The van der Waals surface area contributed by atoms with Crippen LogP contribution in [0.4, 0.5) is 0 Å². The van der Waals surface area contributed by atoms with Crippen molar-refractivity contribution in [1.82, 2.24) is 0 Å². The van der Waals surface area contributed by atoms with Gasteiger partial charge in [-0.2, -0.15) is 0 Å². The summed E-state index contributed by atoms with van der Waals surface area (Å²) in [5, 5.41) is 0. The van der Waals surface area contributed by atoms with Gasteiger partial charge in [-0.3, -0.25) is 0 Å². The number of hydrogen-bond acceptors (Lipinski definition) is 0. The van der Waals surface area contributed by atoms with E-state index >= 15 is 0 Å². The Kier molecular flexibility index (Phi) is 8.15. The van der Waals surface area contributed by atoms with Gasteiger partial charge in [0.05, 0.1) is 0 Å². The van der Waals surface area contributed by atoms with Crippen LogP contribution in [0.3, 0.4) is 0 Å². The van der Waals surface area contributed by atoms with E-state index in [1.807, 2.05) is 0 Å². The normalized spacial score (nSPS) is 13.0. The maximum Gasteiger partial charge on any atom is -0.0105 e. The largest absolute Gasteiger partial charge is 0.0690 e. The van der Waals surface area contributed by atoms with Crippen molar-refractivity contribution in [3.05, 3.63) is 180 Å². The minimum Gasteiger partial charge on any atom is -0.0690 e. The molecule has 1 saturated carbocycles. The molecule has 0 aliphatic heterocycles. The fourth-order valence-corrected chi connectivity index (χ4v) is 6.38. The molecule has 1 fully saturated rings. The van der Waals surface area contributed by atoms with E-state index in [1.54, 1.807) is 11.1 Å². The Morgan fingerprint density at radius 3 is 0.864 bits per heavy atom. The Labute approximate surface area is 261 Å². The number of hydrogen-bond donors (Lipinski definition) is 0. The van der Waals surface area contributed by atoms with Gasteiger partial charge in [0.1, 0.15) is 0 Å². The molecule has 0 aromatic heterocycles. The van der Waals surface area contributed by atoms with Gasteiger partial charge in [-0.1, -0.05) is 181 Å². The summed E-state index contributed by atoms with van der Waals surface area (Å²) in [4.78, 5) is 0. The molecule has 0 heterocycles. The Morgan fingerprint density at radius 1 is 0.273 bits per heavy atom. The molecule has 0 atom stereocenters. The summed E-state index contributed by atoms with van der Waals surface area (Å²) < 4.78 is 0. The van der Waals surface area contributed by atoms with Crippen molar-refractivity contribution < 1.29 is 0 Å². The molecule has 7 rings (SSSR count). The van der Waals surface area contributed by atoms with Crippen LogP contribution in [-0.2, 0) is 0 Å². The molecule has 0 saturated heterocycles. The third-order valence-electron chi connectivity index (χ3n) is 8.74. The fourth-order valence-electron chi connectivity index (χ4n) is 6.38. The maximum absolute atomic E-state index is 2.41. The average molecular weight is 565 g/mol. The van der Waals surface area contributed by atoms with E-state index in [0.717, 1.165) is 25.7 Å². The molecule has 6 aromatic carbocycles. The molecule has 0 heteroatoms. The molecule has 1 aliphatic carbocycles. The SMILES string of the molecule is C(=C1CCC(=Cc2ccc(-c3ccccc3-c3ccccc3)cc2)CC1)c1ccc(-c2ccccc2-c2ccccc2)cc1. The van der Waals surface area contributed by atoms with E-state index in [0.29, 0.717) is 0 Å². The zero-order chi connectivity index (χ0) is 29.6. The van der Waals surface area contributed by atoms with Gasteiger partial charge < -0.3 is 0 Å². The average Bonchev–Trinajstić information content (AvgIpc) is 3.11. The topological polar surface area (TPSA) is 0 Å². The maximum atomic E-state index is 2.41. The molecule has 0 spiro atoms. The standard InChI is InChI=1S/C44H36/c1-3-11-37(12-4-1)41-15-7-9-17-43(41)39-27-23-35(24-28-39)31-33-19-21-34(22-20-33)32-36-25-29-40(30-26-36)44-18-10-8-16-42(44)38-13-5-2-6-14-38/h1-18,23-32H,19-22H2. The molecule has 6 aromatic rings. The molecule has 0 bridgehead atoms. The lowest BCUT2D eigenvalue weighted by Crippen LogP contribution is -1.97. The number of benzene rings is 6. The molecule has 1 aliphatic rings. The lowest BCUT2D eigenvalue weighted by molar-refractivity contribution is 0.739. The van der Waals surface area contributed by atoms with Gasteiger partial charge in [0.2, 0.25) is 0 Å². The summed E-state index contributed by atoms with van der Waals surface area (Å²) in [5.74, 6) is 0. The van der Waals surface area contributed by atoms with Crippen LogP contribution in [0.2, 0.25) is 0 Å². The van der Waals surface area contributed by atoms with E-state index in [9.17, 15) is 0 Å². The van der Waals surface area contributed by atoms with E-state index in [4.69, 9.17) is 0 Å². The van der Waals surface area contributed by atoms with E-state index in [-0.39, 0.29) is 0 Å². The van der Waals surface area contributed by atoms with E-state index in [2.05, 4.69) is 170 Å². The highest BCUT2D eigenvalue weighted by Gasteiger charge is 2.12. The zero-order valence-electron chi connectivity index (χ0n) is 25.0. The second kappa shape index (κ2) is 13.0. The number of allylic oxidation sites excluding steroid dienone is 2. The van der Waals surface area contributed by atoms with E-state index in [1.165, 1.54) is 55.6 Å². The van der Waals surface area contributed by atoms with Crippen LogP contribution in [0, 0.1) is 0 Å². The molecule has 44 heavy (non-hydrogen) atoms. The molecular weight excluding hydrogens is 528 g/mol. The van der Waals surface area contributed by atoms with Crippen molar-refractivity contribution in [3.63, 3.8) is 0 Å². The Balaban J connectivity index is 1.01. The quantitative estimate of drug-likeness (QED) is 0.189. The van der Waals surface area contributed by atoms with Crippen molar-refractivity contribution in [1.29, 1.82) is 0 Å². The first-order valence-corrected chi connectivity index (χ1v) is 15.7. The monoisotopic (exact) mass is 564 g/mol. The van der Waals surface area contributed by atoms with Crippen LogP contribution >= 0.6 is 0 Å². The van der Waals surface area contributed by atoms with Crippen molar-refractivity contribution >= 4 is 12.2 Å². The van der Waals surface area contributed by atoms with Gasteiger partial charge >= 0.3 is 0 Å². The first kappa shape index (κ1) is 27.6. The van der Waals surface area contributed by atoms with Crippen LogP contribution in [0.1, 0.15) is 36.8 Å². The van der Waals surface area contributed by atoms with Crippen molar-refractivity contribution in [2.45, 2.75) is 25.7 Å². The highest BCUT2D eigenvalue weighted by molar-refractivity contribution is 5.85. The first-order chi connectivity index (χ1) is 21.8. The minimum atomic E-state index is 1.13. The molecule has 0 radical (unpaired) electrons. The van der Waals surface area contributed by atoms with Crippen molar-refractivity contribution in [2.24, 2.45) is 0 Å². The molecular formula is C44H36. The van der Waals surface area contributed by atoms with E-state index < -0.39 is 0 Å². The summed E-state index contributed by atoms with van der Waals surface area (Å²) in [5.41, 5.74) is 15.8. The third kappa shape index (κ3) is 6.26. The molecule has 0 unspecified atom stereocenters. The Bertz CT molecular complexity index is 1750. The van der Waals surface area contributed by atoms with Crippen molar-refractivity contribution in [3.8, 4) is 44.5 Å². The van der Waals surface area contributed by atoms with Gasteiger partial charge in [0.15, 0.2) is 0 Å². The molecule has 0 nitrogen and oxygen atoms in total. The number of rotatable bonds is 6. The Hall–Kier alpha value is -5.20. The minimum absolute atomic E-state index is 1.13. The van der Waals surface area contributed by atoms with Crippen molar-refractivity contribution in [2.75, 3.05) is 0 Å². The third-order valence-corrected chi connectivity index (χ3v) is 8.74. The molecule has 0 N–H and O–H groups in total. The summed E-state index contributed by atoms with van der Waals surface area (Å²) in [7, 11) is 0. The van der Waals surface area contributed by atoms with Crippen LogP contribution in [0.15, 0.2) is 169 Å². The van der Waals surface area contributed by atoms with Gasteiger partial charge in [0.25, 0.3) is 0 Å². The molecule has 0 amide bonds. The fraction of sp³-hybridized carbons (Fsp3) is 0.0909. The second-order valence-corrected chi connectivity index (χ2v) is 11.7. The predicted molar refractivity (Wildman–Crippen MR) is 189 cm³/mol. The zero-order valence-corrected chi connectivity index (χ0v) is 25.0. The summed E-state index contributed by atoms with van der Waals surface area (Å²) in [6.07, 6.45) is 9.34. The van der Waals surface area contributed by atoms with Crippen LogP contribution in [0.5, 0.6) is 0 Å². The van der Waals surface area contributed by atoms with Gasteiger partial charge in [-0.15, -0.1) is 0 Å². The van der Waals surface area contributed by atoms with Crippen LogP contribution in [0.25, 0.3) is 56.7 Å². The van der Waals surface area contributed by atoms with Gasteiger partial charge in [-0.05, 0) is 81.3 Å². The van der Waals surface area contributed by atoms with Crippen LogP contribution in [-0.4, -0.2) is 0 Å². The summed E-state index contributed by atoms with van der Waals surface area (Å²) >= 11 is 0. The highest BCUT2D eigenvalue weighted by Crippen LogP contribution is 2.35. The predicted octanol–water partition coefficient (Wildman–Crippen LogP) is 12.4. The second-order valence-electron chi connectivity index (χ2n) is 11.7. The lowest BCUT2D eigenvalue weighted by Gasteiger charge is -2.18. The van der Waals surface area contributed by atoms with Crippen LogP contribution < -0.4 is 0 Å². The smallest absolute Gasteiger partial charge is 0.0105 e. The van der Waals surface area contributed by atoms with Gasteiger partial charge in [0, 0.05) is 0 Å². The highest BCUT2D eigenvalue weighted by atomic mass is 14.2. The first-order valence-electron chi connectivity index (χ1n) is 15.7.